The van der Waals surface area contributed by atoms with Crippen LogP contribution >= 0.6 is 0 Å². The fraction of sp³-hybridized carbons (Fsp3) is 0.294. The zero-order valence-corrected chi connectivity index (χ0v) is 13.4. The van der Waals surface area contributed by atoms with Gasteiger partial charge in [0.25, 0.3) is 0 Å². The Hall–Kier alpha value is -2.96. The van der Waals surface area contributed by atoms with Crippen molar-refractivity contribution in [3.05, 3.63) is 42.0 Å². The number of aldehydes is 1. The summed E-state index contributed by atoms with van der Waals surface area (Å²) in [5.74, 6) is -2.31. The molecular formula is C17H18O7. The van der Waals surface area contributed by atoms with Crippen molar-refractivity contribution in [2.75, 3.05) is 6.61 Å². The van der Waals surface area contributed by atoms with E-state index in [4.69, 9.17) is 9.47 Å². The molecule has 24 heavy (non-hydrogen) atoms. The molecule has 0 fully saturated rings. The first-order chi connectivity index (χ1) is 11.5. The van der Waals surface area contributed by atoms with Gasteiger partial charge >= 0.3 is 17.9 Å². The van der Waals surface area contributed by atoms with Gasteiger partial charge in [-0.2, -0.15) is 0 Å². The summed E-state index contributed by atoms with van der Waals surface area (Å²) in [5.41, 5.74) is 0.203. The molecule has 0 saturated heterocycles. The van der Waals surface area contributed by atoms with Crippen molar-refractivity contribution in [3.8, 4) is 5.75 Å². The van der Waals surface area contributed by atoms with Crippen LogP contribution in [0.1, 0.15) is 30.6 Å². The first-order valence-corrected chi connectivity index (χ1v) is 7.33. The fourth-order valence-corrected chi connectivity index (χ4v) is 1.65. The van der Waals surface area contributed by atoms with Crippen molar-refractivity contribution < 1.29 is 33.4 Å². The van der Waals surface area contributed by atoms with Gasteiger partial charge in [-0.25, -0.2) is 14.4 Å². The largest absolute Gasteiger partial charge is 0.463 e. The summed E-state index contributed by atoms with van der Waals surface area (Å²) in [7, 11) is 0. The quantitative estimate of drug-likeness (QED) is 0.310. The van der Waals surface area contributed by atoms with Crippen LogP contribution in [0.25, 0.3) is 0 Å². The molecule has 0 N–H and O–H groups in total. The van der Waals surface area contributed by atoms with Crippen LogP contribution in [0.15, 0.2) is 36.4 Å². The summed E-state index contributed by atoms with van der Waals surface area (Å²) >= 11 is 0. The molecule has 7 heteroatoms. The van der Waals surface area contributed by atoms with Gasteiger partial charge in [0.2, 0.25) is 0 Å². The van der Waals surface area contributed by atoms with Gasteiger partial charge in [-0.15, -0.1) is 0 Å². The van der Waals surface area contributed by atoms with Crippen molar-refractivity contribution in [2.24, 2.45) is 0 Å². The van der Waals surface area contributed by atoms with Crippen LogP contribution in [0.3, 0.4) is 0 Å². The lowest BCUT2D eigenvalue weighted by atomic mass is 10.2. The fourth-order valence-electron chi connectivity index (χ4n) is 1.65. The third-order valence-electron chi connectivity index (χ3n) is 2.79. The zero-order valence-electron chi connectivity index (χ0n) is 13.4. The second-order valence-electron chi connectivity index (χ2n) is 4.50. The normalized spacial score (nSPS) is 11.6. The Balaban J connectivity index is 2.68. The van der Waals surface area contributed by atoms with Crippen molar-refractivity contribution in [2.45, 2.75) is 26.4 Å². The molecule has 0 saturated carbocycles. The third-order valence-corrected chi connectivity index (χ3v) is 2.79. The van der Waals surface area contributed by atoms with E-state index >= 15 is 0 Å². The number of hydrogen-bond donors (Lipinski definition) is 0. The molecule has 0 radical (unpaired) electrons. The minimum absolute atomic E-state index is 0.0778. The molecular weight excluding hydrogens is 316 g/mol. The van der Waals surface area contributed by atoms with E-state index in [1.165, 1.54) is 12.1 Å². The molecule has 128 valence electrons. The molecule has 1 rings (SSSR count). The highest BCUT2D eigenvalue weighted by Gasteiger charge is 2.23. The first kappa shape index (κ1) is 19.1. The van der Waals surface area contributed by atoms with Crippen molar-refractivity contribution in [1.29, 1.82) is 0 Å². The van der Waals surface area contributed by atoms with Crippen LogP contribution in [0.4, 0.5) is 0 Å². The van der Waals surface area contributed by atoms with Gasteiger partial charge in [-0.1, -0.05) is 19.1 Å². The minimum Gasteiger partial charge on any atom is -0.463 e. The second kappa shape index (κ2) is 9.94. The predicted octanol–water partition coefficient (Wildman–Crippen LogP) is 1.85. The molecule has 0 aromatic heterocycles. The summed E-state index contributed by atoms with van der Waals surface area (Å²) in [5, 5.41) is 0. The molecule has 1 aromatic carbocycles. The van der Waals surface area contributed by atoms with E-state index in [0.29, 0.717) is 6.29 Å². The summed E-state index contributed by atoms with van der Waals surface area (Å²) in [6.07, 6.45) is 1.33. The third kappa shape index (κ3) is 6.04. The Bertz CT molecular complexity index is 634. The predicted molar refractivity (Wildman–Crippen MR) is 83.4 cm³/mol. The van der Waals surface area contributed by atoms with Crippen LogP contribution in [-0.4, -0.2) is 36.9 Å². The van der Waals surface area contributed by atoms with Crippen molar-refractivity contribution in [1.82, 2.24) is 0 Å². The lowest BCUT2D eigenvalue weighted by molar-refractivity contribution is -0.159. The van der Waals surface area contributed by atoms with Gasteiger partial charge in [-0.05, 0) is 25.5 Å². The first-order valence-electron chi connectivity index (χ1n) is 7.33. The zero-order chi connectivity index (χ0) is 17.9. The highest BCUT2D eigenvalue weighted by Crippen LogP contribution is 2.17. The van der Waals surface area contributed by atoms with Gasteiger partial charge in [0, 0.05) is 12.2 Å². The number of ether oxygens (including phenoxy) is 3. The molecule has 0 aliphatic heterocycles. The molecule has 0 spiro atoms. The standard InChI is InChI=1S/C17H18O7/c1-3-13(23-16(20)10-9-15(19)22-4-2)17(21)24-14-8-6-5-7-12(14)11-18/h5-11,13H,3-4H2,1-2H3. The summed E-state index contributed by atoms with van der Waals surface area (Å²) in [4.78, 5) is 45.7. The number of carbonyl (C=O) groups is 4. The van der Waals surface area contributed by atoms with Crippen molar-refractivity contribution >= 4 is 24.2 Å². The van der Waals surface area contributed by atoms with Gasteiger partial charge in [-0.3, -0.25) is 4.79 Å². The topological polar surface area (TPSA) is 96.0 Å². The molecule has 1 aromatic rings. The Morgan fingerprint density at radius 1 is 1.08 bits per heavy atom. The average molecular weight is 334 g/mol. The maximum Gasteiger partial charge on any atom is 0.352 e. The van der Waals surface area contributed by atoms with E-state index in [-0.39, 0.29) is 24.3 Å². The highest BCUT2D eigenvalue weighted by molar-refractivity contribution is 5.93. The van der Waals surface area contributed by atoms with Gasteiger partial charge in [0.05, 0.1) is 12.2 Å². The van der Waals surface area contributed by atoms with Crippen molar-refractivity contribution in [3.63, 3.8) is 0 Å². The number of para-hydroxylation sites is 1. The van der Waals surface area contributed by atoms with Crippen LogP contribution in [-0.2, 0) is 23.9 Å². The average Bonchev–Trinajstić information content (AvgIpc) is 2.58. The van der Waals surface area contributed by atoms with E-state index in [1.54, 1.807) is 26.0 Å². The molecule has 0 heterocycles. The number of rotatable bonds is 8. The Morgan fingerprint density at radius 3 is 2.38 bits per heavy atom. The molecule has 1 unspecified atom stereocenters. The number of hydrogen-bond acceptors (Lipinski definition) is 7. The second-order valence-corrected chi connectivity index (χ2v) is 4.50. The minimum atomic E-state index is -1.16. The van der Waals surface area contributed by atoms with Crippen LogP contribution in [0.5, 0.6) is 5.75 Å². The van der Waals surface area contributed by atoms with Gasteiger partial charge < -0.3 is 14.2 Å². The SMILES string of the molecule is CCOC(=O)C=CC(=O)OC(CC)C(=O)Oc1ccccc1C=O. The van der Waals surface area contributed by atoms with Gasteiger partial charge in [0.15, 0.2) is 12.4 Å². The van der Waals surface area contributed by atoms with Crippen LogP contribution in [0, 0.1) is 0 Å². The molecule has 0 bridgehead atoms. The monoisotopic (exact) mass is 334 g/mol. The molecule has 0 amide bonds. The maximum atomic E-state index is 12.1. The molecule has 0 aliphatic rings. The van der Waals surface area contributed by atoms with E-state index < -0.39 is 24.0 Å². The van der Waals surface area contributed by atoms with Gasteiger partial charge in [0.1, 0.15) is 5.75 Å². The summed E-state index contributed by atoms with van der Waals surface area (Å²) in [6.45, 7) is 3.43. The van der Waals surface area contributed by atoms with E-state index in [1.807, 2.05) is 0 Å². The number of esters is 3. The summed E-state index contributed by atoms with van der Waals surface area (Å²) < 4.78 is 14.6. The Kier molecular flexibility index (Phi) is 7.90. The van der Waals surface area contributed by atoms with E-state index in [2.05, 4.69) is 4.74 Å². The maximum absolute atomic E-state index is 12.1. The summed E-state index contributed by atoms with van der Waals surface area (Å²) in [6, 6.07) is 6.17. The van der Waals surface area contributed by atoms with E-state index in [0.717, 1.165) is 12.2 Å². The van der Waals surface area contributed by atoms with Crippen LogP contribution in [0.2, 0.25) is 0 Å². The molecule has 0 aliphatic carbocycles. The highest BCUT2D eigenvalue weighted by atomic mass is 16.6. The molecule has 1 atom stereocenters. The number of carbonyl (C=O) groups excluding carboxylic acids is 4. The lowest BCUT2D eigenvalue weighted by Crippen LogP contribution is -2.30. The number of benzene rings is 1. The van der Waals surface area contributed by atoms with E-state index in [9.17, 15) is 19.2 Å². The molecule has 7 nitrogen and oxygen atoms in total. The lowest BCUT2D eigenvalue weighted by Gasteiger charge is -2.14. The van der Waals surface area contributed by atoms with Crippen LogP contribution < -0.4 is 4.74 Å². The Morgan fingerprint density at radius 2 is 1.75 bits per heavy atom. The Labute approximate surface area is 139 Å². The smallest absolute Gasteiger partial charge is 0.352 e.